The van der Waals surface area contributed by atoms with Crippen LogP contribution in [0.1, 0.15) is 42.8 Å². The van der Waals surface area contributed by atoms with Crippen LogP contribution in [0.2, 0.25) is 0 Å². The van der Waals surface area contributed by atoms with E-state index in [4.69, 9.17) is 0 Å². The second kappa shape index (κ2) is 5.17. The number of fused-ring (bicyclic) bond motifs is 1. The molecule has 0 fully saturated rings. The van der Waals surface area contributed by atoms with Gasteiger partial charge in [0.1, 0.15) is 0 Å². The van der Waals surface area contributed by atoms with E-state index in [1.54, 1.807) is 0 Å². The zero-order chi connectivity index (χ0) is 13.2. The van der Waals surface area contributed by atoms with Gasteiger partial charge in [-0.25, -0.2) is 4.98 Å². The molecular weight excluding hydrogens is 234 g/mol. The highest BCUT2D eigenvalue weighted by molar-refractivity contribution is 5.45. The molecule has 1 aromatic carbocycles. The fourth-order valence-electron chi connectivity index (χ4n) is 2.91. The summed E-state index contributed by atoms with van der Waals surface area (Å²) in [4.78, 5) is 4.60. The highest BCUT2D eigenvalue weighted by atomic mass is 15.1. The minimum atomic E-state index is 0.345. The Morgan fingerprint density at radius 3 is 2.84 bits per heavy atom. The first-order valence-electron chi connectivity index (χ1n) is 7.13. The first-order chi connectivity index (χ1) is 9.31. The van der Waals surface area contributed by atoms with Gasteiger partial charge in [0, 0.05) is 11.7 Å². The number of nitrogens with zero attached hydrogens (tertiary/aromatic N) is 2. The zero-order valence-electron chi connectivity index (χ0n) is 11.7. The van der Waals surface area contributed by atoms with E-state index in [1.807, 2.05) is 13.4 Å². The van der Waals surface area contributed by atoms with Gasteiger partial charge in [-0.15, -0.1) is 0 Å². The second-order valence-electron chi connectivity index (χ2n) is 5.28. The molecule has 0 saturated heterocycles. The van der Waals surface area contributed by atoms with Gasteiger partial charge in [0.15, 0.2) is 0 Å². The molecule has 2 aromatic rings. The molecule has 0 spiro atoms. The molecule has 1 N–H and O–H groups in total. The zero-order valence-corrected chi connectivity index (χ0v) is 11.7. The number of para-hydroxylation sites is 1. The van der Waals surface area contributed by atoms with Gasteiger partial charge in [-0.1, -0.05) is 18.2 Å². The second-order valence-corrected chi connectivity index (χ2v) is 5.28. The molecule has 0 aliphatic heterocycles. The van der Waals surface area contributed by atoms with Crippen molar-refractivity contribution in [1.29, 1.82) is 0 Å². The van der Waals surface area contributed by atoms with Crippen LogP contribution in [0.4, 0.5) is 0 Å². The number of imidazole rings is 1. The van der Waals surface area contributed by atoms with E-state index >= 15 is 0 Å². The lowest BCUT2D eigenvalue weighted by Gasteiger charge is -2.19. The highest BCUT2D eigenvalue weighted by Crippen LogP contribution is 2.27. The molecule has 0 radical (unpaired) electrons. The monoisotopic (exact) mass is 255 g/mol. The summed E-state index contributed by atoms with van der Waals surface area (Å²) in [7, 11) is 2.00. The van der Waals surface area contributed by atoms with Crippen molar-refractivity contribution < 1.29 is 0 Å². The van der Waals surface area contributed by atoms with E-state index in [9.17, 15) is 0 Å². The van der Waals surface area contributed by atoms with Crippen molar-refractivity contribution in [2.45, 2.75) is 38.6 Å². The van der Waals surface area contributed by atoms with Crippen molar-refractivity contribution in [3.63, 3.8) is 0 Å². The highest BCUT2D eigenvalue weighted by Gasteiger charge is 2.18. The van der Waals surface area contributed by atoms with Gasteiger partial charge < -0.3 is 9.88 Å². The molecule has 1 unspecified atom stereocenters. The topological polar surface area (TPSA) is 29.9 Å². The summed E-state index contributed by atoms with van der Waals surface area (Å²) in [5.41, 5.74) is 5.29. The average molecular weight is 255 g/mol. The number of aromatic nitrogens is 2. The Morgan fingerprint density at radius 1 is 1.21 bits per heavy atom. The number of benzene rings is 1. The van der Waals surface area contributed by atoms with Crippen LogP contribution < -0.4 is 5.32 Å². The maximum absolute atomic E-state index is 4.60. The molecule has 0 bridgehead atoms. The third-order valence-corrected chi connectivity index (χ3v) is 4.13. The Bertz CT molecular complexity index is 571. The molecule has 1 atom stereocenters. The van der Waals surface area contributed by atoms with Crippen molar-refractivity contribution >= 4 is 0 Å². The van der Waals surface area contributed by atoms with E-state index < -0.39 is 0 Å². The molecule has 3 rings (SSSR count). The Kier molecular flexibility index (Phi) is 3.38. The smallest absolute Gasteiger partial charge is 0.0997 e. The molecule has 1 aliphatic carbocycles. The first-order valence-corrected chi connectivity index (χ1v) is 7.13. The number of hydrogen-bond acceptors (Lipinski definition) is 2. The Labute approximate surface area is 114 Å². The van der Waals surface area contributed by atoms with Crippen LogP contribution in [0.15, 0.2) is 30.6 Å². The predicted octanol–water partition coefficient (Wildman–Crippen LogP) is 3.03. The van der Waals surface area contributed by atoms with Gasteiger partial charge in [-0.3, -0.25) is 0 Å². The normalized spacial score (nSPS) is 16.1. The van der Waals surface area contributed by atoms with Crippen molar-refractivity contribution in [2.75, 3.05) is 7.05 Å². The minimum Gasteiger partial charge on any atom is -0.313 e. The summed E-state index contributed by atoms with van der Waals surface area (Å²) in [5.74, 6) is 0. The largest absolute Gasteiger partial charge is 0.313 e. The summed E-state index contributed by atoms with van der Waals surface area (Å²) >= 11 is 0. The standard InChI is InChI=1S/C16H21N3/c1-12(17-2)13-7-3-5-9-15(13)19-11-18-14-8-4-6-10-16(14)19/h3,5,7,9,11-12,17H,4,6,8,10H2,1-2H3. The van der Waals surface area contributed by atoms with E-state index in [0.29, 0.717) is 6.04 Å². The summed E-state index contributed by atoms with van der Waals surface area (Å²) < 4.78 is 2.29. The van der Waals surface area contributed by atoms with Gasteiger partial charge in [0.25, 0.3) is 0 Å². The van der Waals surface area contributed by atoms with Gasteiger partial charge in [0.05, 0.1) is 17.7 Å². The molecule has 3 heteroatoms. The molecule has 1 heterocycles. The maximum atomic E-state index is 4.60. The summed E-state index contributed by atoms with van der Waals surface area (Å²) in [6.07, 6.45) is 6.84. The number of aryl methyl sites for hydroxylation is 1. The van der Waals surface area contributed by atoms with Crippen LogP contribution >= 0.6 is 0 Å². The van der Waals surface area contributed by atoms with Gasteiger partial charge in [-0.2, -0.15) is 0 Å². The van der Waals surface area contributed by atoms with Gasteiger partial charge >= 0.3 is 0 Å². The quantitative estimate of drug-likeness (QED) is 0.913. The lowest BCUT2D eigenvalue weighted by Crippen LogP contribution is -2.16. The van der Waals surface area contributed by atoms with E-state index in [1.165, 1.54) is 35.5 Å². The molecule has 0 saturated carbocycles. The number of rotatable bonds is 3. The Morgan fingerprint density at radius 2 is 2.00 bits per heavy atom. The maximum Gasteiger partial charge on any atom is 0.0997 e. The summed E-state index contributed by atoms with van der Waals surface area (Å²) in [6, 6.07) is 8.95. The Hall–Kier alpha value is -1.61. The van der Waals surface area contributed by atoms with Crippen molar-refractivity contribution in [2.24, 2.45) is 0 Å². The SMILES string of the molecule is CNC(C)c1ccccc1-n1cnc2c1CCCC2. The predicted molar refractivity (Wildman–Crippen MR) is 77.7 cm³/mol. The summed E-state index contributed by atoms with van der Waals surface area (Å²) in [5, 5.41) is 3.33. The third-order valence-electron chi connectivity index (χ3n) is 4.13. The van der Waals surface area contributed by atoms with Crippen molar-refractivity contribution in [3.8, 4) is 5.69 Å². The minimum absolute atomic E-state index is 0.345. The van der Waals surface area contributed by atoms with E-state index in [0.717, 1.165) is 12.8 Å². The van der Waals surface area contributed by atoms with E-state index in [2.05, 4.69) is 46.1 Å². The Balaban J connectivity index is 2.09. The van der Waals surface area contributed by atoms with Crippen LogP contribution in [0.3, 0.4) is 0 Å². The fraction of sp³-hybridized carbons (Fsp3) is 0.438. The third kappa shape index (κ3) is 2.19. The molecule has 100 valence electrons. The fourth-order valence-corrected chi connectivity index (χ4v) is 2.91. The molecule has 3 nitrogen and oxygen atoms in total. The number of hydrogen-bond donors (Lipinski definition) is 1. The van der Waals surface area contributed by atoms with Crippen LogP contribution in [0, 0.1) is 0 Å². The molecular formula is C16H21N3. The molecule has 19 heavy (non-hydrogen) atoms. The number of nitrogens with one attached hydrogen (secondary N) is 1. The van der Waals surface area contributed by atoms with Crippen molar-refractivity contribution in [1.82, 2.24) is 14.9 Å². The van der Waals surface area contributed by atoms with Crippen LogP contribution in [-0.4, -0.2) is 16.6 Å². The van der Waals surface area contributed by atoms with Crippen LogP contribution in [-0.2, 0) is 12.8 Å². The van der Waals surface area contributed by atoms with Crippen LogP contribution in [0.25, 0.3) is 5.69 Å². The van der Waals surface area contributed by atoms with E-state index in [-0.39, 0.29) is 0 Å². The lowest BCUT2D eigenvalue weighted by atomic mass is 10.00. The van der Waals surface area contributed by atoms with Gasteiger partial charge in [-0.05, 0) is 51.3 Å². The molecule has 1 aliphatic rings. The average Bonchev–Trinajstić information content (AvgIpc) is 2.90. The lowest BCUT2D eigenvalue weighted by molar-refractivity contribution is 0.637. The van der Waals surface area contributed by atoms with Crippen molar-refractivity contribution in [3.05, 3.63) is 47.5 Å². The summed E-state index contributed by atoms with van der Waals surface area (Å²) in [6.45, 7) is 2.20. The van der Waals surface area contributed by atoms with Crippen LogP contribution in [0.5, 0.6) is 0 Å². The van der Waals surface area contributed by atoms with Gasteiger partial charge in [0.2, 0.25) is 0 Å². The molecule has 1 aromatic heterocycles. The molecule has 0 amide bonds. The first kappa shape index (κ1) is 12.4.